The third kappa shape index (κ3) is 3.06. The van der Waals surface area contributed by atoms with Gasteiger partial charge in [0.05, 0.1) is 6.04 Å². The highest BCUT2D eigenvalue weighted by Crippen LogP contribution is 2.26. The Kier molecular flexibility index (Phi) is 4.53. The van der Waals surface area contributed by atoms with Gasteiger partial charge in [-0.2, -0.15) is 0 Å². The van der Waals surface area contributed by atoms with Crippen LogP contribution >= 0.6 is 0 Å². The van der Waals surface area contributed by atoms with E-state index in [2.05, 4.69) is 38.3 Å². The molecule has 0 amide bonds. The molecule has 2 aromatic rings. The molecule has 0 aliphatic carbocycles. The van der Waals surface area contributed by atoms with E-state index in [1.807, 2.05) is 6.07 Å². The highest BCUT2D eigenvalue weighted by molar-refractivity contribution is 5.40. The van der Waals surface area contributed by atoms with Gasteiger partial charge in [-0.1, -0.05) is 35.9 Å². The molecule has 0 radical (unpaired) electrons. The van der Waals surface area contributed by atoms with E-state index in [0.717, 1.165) is 5.56 Å². The molecular formula is C17H21FN2. The molecule has 0 fully saturated rings. The van der Waals surface area contributed by atoms with Crippen LogP contribution in [0.25, 0.3) is 0 Å². The van der Waals surface area contributed by atoms with Crippen LogP contribution in [0.4, 0.5) is 4.39 Å². The van der Waals surface area contributed by atoms with Gasteiger partial charge >= 0.3 is 0 Å². The van der Waals surface area contributed by atoms with Crippen molar-refractivity contribution < 1.29 is 4.39 Å². The molecule has 0 saturated heterocycles. The predicted molar refractivity (Wildman–Crippen MR) is 80.8 cm³/mol. The summed E-state index contributed by atoms with van der Waals surface area (Å²) in [6.45, 7) is 6.22. The zero-order valence-corrected chi connectivity index (χ0v) is 12.2. The third-order valence-electron chi connectivity index (χ3n) is 3.67. The van der Waals surface area contributed by atoms with E-state index in [9.17, 15) is 4.39 Å². The molecule has 3 heteroatoms. The zero-order chi connectivity index (χ0) is 14.7. The van der Waals surface area contributed by atoms with Crippen LogP contribution in [0.15, 0.2) is 36.4 Å². The minimum absolute atomic E-state index is 0.0903. The van der Waals surface area contributed by atoms with Crippen molar-refractivity contribution in [1.29, 1.82) is 0 Å². The van der Waals surface area contributed by atoms with E-state index in [1.165, 1.54) is 22.8 Å². The van der Waals surface area contributed by atoms with Crippen molar-refractivity contribution in [3.63, 3.8) is 0 Å². The first-order valence-electron chi connectivity index (χ1n) is 6.80. The molecule has 106 valence electrons. The molecule has 0 spiro atoms. The Labute approximate surface area is 119 Å². The summed E-state index contributed by atoms with van der Waals surface area (Å²) in [5, 5.41) is 0. The van der Waals surface area contributed by atoms with Gasteiger partial charge in [-0.15, -0.1) is 0 Å². The topological polar surface area (TPSA) is 38.0 Å². The lowest BCUT2D eigenvalue weighted by Gasteiger charge is -2.22. The van der Waals surface area contributed by atoms with E-state index in [4.69, 9.17) is 5.84 Å². The average Bonchev–Trinajstić information content (AvgIpc) is 2.38. The van der Waals surface area contributed by atoms with Crippen molar-refractivity contribution in [3.8, 4) is 0 Å². The highest BCUT2D eigenvalue weighted by Gasteiger charge is 2.17. The smallest absolute Gasteiger partial charge is 0.126 e. The van der Waals surface area contributed by atoms with E-state index in [1.54, 1.807) is 12.1 Å². The van der Waals surface area contributed by atoms with E-state index < -0.39 is 0 Å². The van der Waals surface area contributed by atoms with Crippen molar-refractivity contribution in [2.75, 3.05) is 0 Å². The van der Waals surface area contributed by atoms with Gasteiger partial charge in [-0.05, 0) is 55.5 Å². The van der Waals surface area contributed by atoms with Crippen LogP contribution in [0.2, 0.25) is 0 Å². The largest absolute Gasteiger partial charge is 0.271 e. The first-order valence-corrected chi connectivity index (χ1v) is 6.80. The van der Waals surface area contributed by atoms with Gasteiger partial charge < -0.3 is 0 Å². The van der Waals surface area contributed by atoms with Gasteiger partial charge in [0.25, 0.3) is 0 Å². The number of aryl methyl sites for hydroxylation is 3. The summed E-state index contributed by atoms with van der Waals surface area (Å²) in [6.07, 6.45) is 0.536. The van der Waals surface area contributed by atoms with Crippen molar-refractivity contribution >= 4 is 0 Å². The Morgan fingerprint density at radius 1 is 1.10 bits per heavy atom. The van der Waals surface area contributed by atoms with Crippen molar-refractivity contribution in [2.24, 2.45) is 5.84 Å². The number of halogens is 1. The molecule has 3 N–H and O–H groups in total. The Balaban J connectivity index is 2.37. The van der Waals surface area contributed by atoms with Crippen LogP contribution in [0.5, 0.6) is 0 Å². The molecule has 2 nitrogen and oxygen atoms in total. The number of rotatable bonds is 4. The lowest BCUT2D eigenvalue weighted by atomic mass is 9.90. The minimum atomic E-state index is -0.185. The minimum Gasteiger partial charge on any atom is -0.271 e. The first kappa shape index (κ1) is 14.7. The molecule has 1 atom stereocenters. The Bertz CT molecular complexity index is 585. The first-order chi connectivity index (χ1) is 9.52. The van der Waals surface area contributed by atoms with Gasteiger partial charge in [0.1, 0.15) is 5.82 Å². The van der Waals surface area contributed by atoms with E-state index in [0.29, 0.717) is 12.0 Å². The molecule has 20 heavy (non-hydrogen) atoms. The second kappa shape index (κ2) is 6.16. The molecule has 2 aromatic carbocycles. The molecule has 2 rings (SSSR count). The van der Waals surface area contributed by atoms with Gasteiger partial charge in [-0.3, -0.25) is 11.3 Å². The summed E-state index contributed by atoms with van der Waals surface area (Å²) in [5.41, 5.74) is 8.25. The number of nitrogens with one attached hydrogen (secondary N) is 1. The predicted octanol–water partition coefficient (Wildman–Crippen LogP) is 3.50. The van der Waals surface area contributed by atoms with Crippen LogP contribution in [0.1, 0.15) is 33.9 Å². The fourth-order valence-electron chi connectivity index (χ4n) is 2.87. The molecule has 0 aromatic heterocycles. The molecule has 0 heterocycles. The maximum absolute atomic E-state index is 13.8. The van der Waals surface area contributed by atoms with E-state index >= 15 is 0 Å². The van der Waals surface area contributed by atoms with Crippen LogP contribution in [-0.4, -0.2) is 0 Å². The highest BCUT2D eigenvalue weighted by atomic mass is 19.1. The molecule has 1 unspecified atom stereocenters. The Morgan fingerprint density at radius 3 is 2.25 bits per heavy atom. The number of nitrogens with two attached hydrogens (primary N) is 1. The van der Waals surface area contributed by atoms with Crippen LogP contribution in [-0.2, 0) is 6.42 Å². The normalized spacial score (nSPS) is 12.4. The summed E-state index contributed by atoms with van der Waals surface area (Å²) in [7, 11) is 0. The van der Waals surface area contributed by atoms with Gasteiger partial charge in [-0.25, -0.2) is 4.39 Å². The monoisotopic (exact) mass is 272 g/mol. The van der Waals surface area contributed by atoms with Crippen molar-refractivity contribution in [1.82, 2.24) is 5.43 Å². The lowest BCUT2D eigenvalue weighted by Crippen LogP contribution is -2.31. The van der Waals surface area contributed by atoms with E-state index in [-0.39, 0.29) is 11.9 Å². The van der Waals surface area contributed by atoms with Crippen molar-refractivity contribution in [2.45, 2.75) is 33.2 Å². The third-order valence-corrected chi connectivity index (χ3v) is 3.67. The molecular weight excluding hydrogens is 251 g/mol. The number of benzene rings is 2. The lowest BCUT2D eigenvalue weighted by molar-refractivity contribution is 0.525. The Morgan fingerprint density at radius 2 is 1.70 bits per heavy atom. The summed E-state index contributed by atoms with van der Waals surface area (Å²) < 4.78 is 13.8. The maximum atomic E-state index is 13.8. The molecule has 0 saturated carbocycles. The van der Waals surface area contributed by atoms with Crippen molar-refractivity contribution in [3.05, 3.63) is 70.0 Å². The second-order valence-corrected chi connectivity index (χ2v) is 5.33. The van der Waals surface area contributed by atoms with Crippen LogP contribution < -0.4 is 11.3 Å². The summed E-state index contributed by atoms with van der Waals surface area (Å²) >= 11 is 0. The number of hydrazine groups is 1. The van der Waals surface area contributed by atoms with Gasteiger partial charge in [0.2, 0.25) is 0 Å². The second-order valence-electron chi connectivity index (χ2n) is 5.33. The molecule has 0 aliphatic rings. The number of hydrogen-bond acceptors (Lipinski definition) is 2. The molecule has 0 bridgehead atoms. The molecule has 0 aliphatic heterocycles. The quantitative estimate of drug-likeness (QED) is 0.660. The average molecular weight is 272 g/mol. The van der Waals surface area contributed by atoms with Crippen LogP contribution in [0, 0.1) is 26.6 Å². The number of hydrogen-bond donors (Lipinski definition) is 2. The Hall–Kier alpha value is -1.71. The summed E-state index contributed by atoms with van der Waals surface area (Å²) in [5.74, 6) is 5.52. The van der Waals surface area contributed by atoms with Gasteiger partial charge in [0, 0.05) is 0 Å². The van der Waals surface area contributed by atoms with Gasteiger partial charge in [0.15, 0.2) is 0 Å². The maximum Gasteiger partial charge on any atom is 0.126 e. The summed E-state index contributed by atoms with van der Waals surface area (Å²) in [4.78, 5) is 0. The SMILES string of the molecule is Cc1cc(C)c(C(Cc2ccccc2F)NN)c(C)c1. The van der Waals surface area contributed by atoms with Crippen LogP contribution in [0.3, 0.4) is 0 Å². The fraction of sp³-hybridized carbons (Fsp3) is 0.294. The summed E-state index contributed by atoms with van der Waals surface area (Å²) in [6, 6.07) is 11.0. The fourth-order valence-corrected chi connectivity index (χ4v) is 2.87. The standard InChI is InChI=1S/C17H21FN2/c1-11-8-12(2)17(13(3)9-11)16(20-19)10-14-6-4-5-7-15(14)18/h4-9,16,20H,10,19H2,1-3H3. The zero-order valence-electron chi connectivity index (χ0n) is 12.2.